The van der Waals surface area contributed by atoms with Crippen molar-refractivity contribution in [3.63, 3.8) is 0 Å². The van der Waals surface area contributed by atoms with Gasteiger partial charge in [0.1, 0.15) is 13.2 Å². The third-order valence-electron chi connectivity index (χ3n) is 11.5. The van der Waals surface area contributed by atoms with E-state index in [1.807, 2.05) is 0 Å². The van der Waals surface area contributed by atoms with Crippen LogP contribution in [0, 0.1) is 0 Å². The average molecular weight is 819 g/mol. The molecular formula is C52H98O6. The van der Waals surface area contributed by atoms with Gasteiger partial charge in [-0.2, -0.15) is 0 Å². The van der Waals surface area contributed by atoms with E-state index in [9.17, 15) is 14.4 Å². The molecule has 1 atom stereocenters. The lowest BCUT2D eigenvalue weighted by Crippen LogP contribution is -2.30. The van der Waals surface area contributed by atoms with E-state index in [1.54, 1.807) is 0 Å². The van der Waals surface area contributed by atoms with Gasteiger partial charge in [0.15, 0.2) is 6.10 Å². The van der Waals surface area contributed by atoms with Gasteiger partial charge >= 0.3 is 17.9 Å². The van der Waals surface area contributed by atoms with Crippen LogP contribution >= 0.6 is 0 Å². The minimum atomic E-state index is -0.765. The summed E-state index contributed by atoms with van der Waals surface area (Å²) in [7, 11) is 0. The van der Waals surface area contributed by atoms with Crippen molar-refractivity contribution in [1.82, 2.24) is 0 Å². The molecule has 0 aromatic carbocycles. The highest BCUT2D eigenvalue weighted by molar-refractivity contribution is 5.71. The van der Waals surface area contributed by atoms with Gasteiger partial charge in [-0.25, -0.2) is 0 Å². The predicted octanol–water partition coefficient (Wildman–Crippen LogP) is 16.6. The van der Waals surface area contributed by atoms with Crippen LogP contribution in [0.4, 0.5) is 0 Å². The van der Waals surface area contributed by atoms with Crippen molar-refractivity contribution in [3.05, 3.63) is 12.2 Å². The lowest BCUT2D eigenvalue weighted by Gasteiger charge is -2.18. The fourth-order valence-corrected chi connectivity index (χ4v) is 7.61. The third kappa shape index (κ3) is 45.2. The maximum atomic E-state index is 12.8. The van der Waals surface area contributed by atoms with Crippen molar-refractivity contribution < 1.29 is 28.6 Å². The number of ether oxygens (including phenoxy) is 3. The quantitative estimate of drug-likeness (QED) is 0.0263. The molecule has 0 aliphatic rings. The number of rotatable bonds is 47. The van der Waals surface area contributed by atoms with Gasteiger partial charge in [-0.15, -0.1) is 0 Å². The molecule has 0 aliphatic carbocycles. The Morgan fingerprint density at radius 2 is 0.569 bits per heavy atom. The maximum absolute atomic E-state index is 12.8. The minimum absolute atomic E-state index is 0.0672. The number of hydrogen-bond acceptors (Lipinski definition) is 6. The van der Waals surface area contributed by atoms with Crippen LogP contribution < -0.4 is 0 Å². The predicted molar refractivity (Wildman–Crippen MR) is 247 cm³/mol. The van der Waals surface area contributed by atoms with Gasteiger partial charge in [0.05, 0.1) is 0 Å². The van der Waals surface area contributed by atoms with Gasteiger partial charge in [0.25, 0.3) is 0 Å². The lowest BCUT2D eigenvalue weighted by atomic mass is 10.0. The fourth-order valence-electron chi connectivity index (χ4n) is 7.61. The number of allylic oxidation sites excluding steroid dienone is 2. The van der Waals surface area contributed by atoms with Crippen LogP contribution in [0.2, 0.25) is 0 Å². The molecule has 0 saturated carbocycles. The molecule has 0 amide bonds. The van der Waals surface area contributed by atoms with Crippen LogP contribution in [0.25, 0.3) is 0 Å². The topological polar surface area (TPSA) is 78.9 Å². The summed E-state index contributed by atoms with van der Waals surface area (Å²) in [5.74, 6) is -0.861. The Bertz CT molecular complexity index is 900. The zero-order valence-corrected chi connectivity index (χ0v) is 39.1. The molecule has 6 heteroatoms. The smallest absolute Gasteiger partial charge is 0.306 e. The van der Waals surface area contributed by atoms with Crippen LogP contribution in [0.5, 0.6) is 0 Å². The molecule has 0 bridgehead atoms. The zero-order valence-electron chi connectivity index (χ0n) is 39.1. The van der Waals surface area contributed by atoms with E-state index in [1.165, 1.54) is 180 Å². The van der Waals surface area contributed by atoms with Crippen molar-refractivity contribution in [3.8, 4) is 0 Å². The van der Waals surface area contributed by atoms with Gasteiger partial charge in [-0.1, -0.05) is 232 Å². The van der Waals surface area contributed by atoms with Crippen molar-refractivity contribution in [2.24, 2.45) is 0 Å². The second-order valence-corrected chi connectivity index (χ2v) is 17.4. The van der Waals surface area contributed by atoms with Crippen molar-refractivity contribution >= 4 is 17.9 Å². The molecule has 0 rings (SSSR count). The van der Waals surface area contributed by atoms with Gasteiger partial charge in [-0.05, 0) is 44.9 Å². The number of carbonyl (C=O) groups excluding carboxylic acids is 3. The standard InChI is InChI=1S/C52H98O6/c1-4-7-10-13-16-19-22-25-26-28-30-33-36-39-42-45-51(54)57-48-49(47-56-50(53)44-41-38-35-32-29-24-21-18-15-12-9-6-3)58-52(55)46-43-40-37-34-31-27-23-20-17-14-11-8-5-2/h18,21,49H,4-17,19-20,22-48H2,1-3H3/b21-18-/t49-/m1/s1. The molecule has 0 unspecified atom stereocenters. The van der Waals surface area contributed by atoms with E-state index >= 15 is 0 Å². The molecule has 58 heavy (non-hydrogen) atoms. The molecule has 0 N–H and O–H groups in total. The summed E-state index contributed by atoms with van der Waals surface area (Å²) in [5.41, 5.74) is 0. The molecule has 0 fully saturated rings. The van der Waals surface area contributed by atoms with E-state index in [2.05, 4.69) is 32.9 Å². The normalized spacial score (nSPS) is 12.0. The van der Waals surface area contributed by atoms with Gasteiger partial charge in [-0.3, -0.25) is 14.4 Å². The van der Waals surface area contributed by atoms with E-state index in [-0.39, 0.29) is 31.1 Å². The molecule has 0 heterocycles. The van der Waals surface area contributed by atoms with Crippen molar-refractivity contribution in [2.75, 3.05) is 13.2 Å². The Kier molecular flexibility index (Phi) is 46.3. The van der Waals surface area contributed by atoms with Crippen LogP contribution in [0.1, 0.15) is 284 Å². The summed E-state index contributed by atoms with van der Waals surface area (Å²) in [6, 6.07) is 0. The second-order valence-electron chi connectivity index (χ2n) is 17.4. The molecule has 0 aromatic heterocycles. The molecule has 6 nitrogen and oxygen atoms in total. The van der Waals surface area contributed by atoms with Gasteiger partial charge < -0.3 is 14.2 Å². The van der Waals surface area contributed by atoms with Crippen LogP contribution in [0.15, 0.2) is 12.2 Å². The molecule has 0 radical (unpaired) electrons. The molecule has 0 saturated heterocycles. The Balaban J connectivity index is 4.32. The SMILES string of the molecule is CCCCC/C=C\CCCCCCCC(=O)OC[C@H](COC(=O)CCCCCCCCCCCCCCCCC)OC(=O)CCCCCCCCCCCCCCC. The summed E-state index contributed by atoms with van der Waals surface area (Å²) in [4.78, 5) is 37.9. The van der Waals surface area contributed by atoms with Gasteiger partial charge in [0.2, 0.25) is 0 Å². The average Bonchev–Trinajstić information content (AvgIpc) is 3.22. The lowest BCUT2D eigenvalue weighted by molar-refractivity contribution is -0.167. The highest BCUT2D eigenvalue weighted by Gasteiger charge is 2.19. The van der Waals surface area contributed by atoms with E-state index in [0.29, 0.717) is 19.3 Å². The number of hydrogen-bond donors (Lipinski definition) is 0. The highest BCUT2D eigenvalue weighted by atomic mass is 16.6. The number of carbonyl (C=O) groups is 3. The first-order chi connectivity index (χ1) is 28.5. The van der Waals surface area contributed by atoms with Gasteiger partial charge in [0, 0.05) is 19.3 Å². The number of unbranched alkanes of at least 4 members (excludes halogenated alkanes) is 34. The van der Waals surface area contributed by atoms with Crippen molar-refractivity contribution in [2.45, 2.75) is 290 Å². The maximum Gasteiger partial charge on any atom is 0.306 e. The molecule has 0 aliphatic heterocycles. The first-order valence-electron chi connectivity index (χ1n) is 25.7. The summed E-state index contributed by atoms with van der Waals surface area (Å²) >= 11 is 0. The first-order valence-corrected chi connectivity index (χ1v) is 25.7. The second kappa shape index (κ2) is 47.8. The minimum Gasteiger partial charge on any atom is -0.462 e. The Morgan fingerprint density at radius 3 is 0.897 bits per heavy atom. The van der Waals surface area contributed by atoms with E-state index < -0.39 is 6.10 Å². The van der Waals surface area contributed by atoms with Crippen molar-refractivity contribution in [1.29, 1.82) is 0 Å². The molecule has 342 valence electrons. The van der Waals surface area contributed by atoms with Crippen LogP contribution in [-0.4, -0.2) is 37.2 Å². The zero-order chi connectivity index (χ0) is 42.3. The largest absolute Gasteiger partial charge is 0.462 e. The first kappa shape index (κ1) is 56.1. The summed E-state index contributed by atoms with van der Waals surface area (Å²) in [6.45, 7) is 6.64. The Morgan fingerprint density at radius 1 is 0.328 bits per heavy atom. The van der Waals surface area contributed by atoms with E-state index in [4.69, 9.17) is 14.2 Å². The molecule has 0 spiro atoms. The fraction of sp³-hybridized carbons (Fsp3) is 0.904. The Hall–Kier alpha value is -1.85. The number of esters is 3. The Labute approximate surface area is 360 Å². The van der Waals surface area contributed by atoms with Crippen LogP contribution in [-0.2, 0) is 28.6 Å². The molecule has 0 aromatic rings. The highest BCUT2D eigenvalue weighted by Crippen LogP contribution is 2.16. The summed E-state index contributed by atoms with van der Waals surface area (Å²) in [5, 5.41) is 0. The third-order valence-corrected chi connectivity index (χ3v) is 11.5. The summed E-state index contributed by atoms with van der Waals surface area (Å²) < 4.78 is 16.8. The summed E-state index contributed by atoms with van der Waals surface area (Å²) in [6.07, 6.45) is 51.9. The molecular weight excluding hydrogens is 721 g/mol. The van der Waals surface area contributed by atoms with Crippen LogP contribution in [0.3, 0.4) is 0 Å². The monoisotopic (exact) mass is 819 g/mol. The van der Waals surface area contributed by atoms with E-state index in [0.717, 1.165) is 64.2 Å².